The van der Waals surface area contributed by atoms with Crippen LogP contribution in [0.25, 0.3) is 0 Å². The highest BCUT2D eigenvalue weighted by molar-refractivity contribution is 9.10. The molecule has 0 atom stereocenters. The quantitative estimate of drug-likeness (QED) is 0.362. The molecule has 0 spiro atoms. The van der Waals surface area contributed by atoms with Gasteiger partial charge in [0, 0.05) is 10.0 Å². The van der Waals surface area contributed by atoms with Crippen molar-refractivity contribution in [2.45, 2.75) is 26.6 Å². The van der Waals surface area contributed by atoms with Crippen molar-refractivity contribution in [2.75, 3.05) is 0 Å². The molecule has 3 heteroatoms. The Morgan fingerprint density at radius 3 is 2.09 bits per heavy atom. The second kappa shape index (κ2) is 7.08. The maximum Gasteiger partial charge on any atom is 0.129 e. The van der Waals surface area contributed by atoms with Crippen molar-refractivity contribution in [1.82, 2.24) is 0 Å². The molecule has 0 saturated heterocycles. The van der Waals surface area contributed by atoms with Crippen molar-refractivity contribution in [3.8, 4) is 11.5 Å². The van der Waals surface area contributed by atoms with Gasteiger partial charge in [-0.15, -0.1) is 5.54 Å². The standard InChI is InChI=1S/C19H20BrNSi/c1-15-5-11-18(12-6-15)21-19(13-14-22(2,3)4)16-7-9-17(20)10-8-16/h5-12H,1-4H3. The fraction of sp³-hybridized carbons (Fsp3) is 0.211. The number of aryl methyl sites for hydroxylation is 1. The molecule has 0 heterocycles. The predicted octanol–water partition coefficient (Wildman–Crippen LogP) is 5.76. The molecule has 0 fully saturated rings. The molecule has 0 aromatic heterocycles. The molecule has 1 nitrogen and oxygen atoms in total. The maximum atomic E-state index is 4.75. The highest BCUT2D eigenvalue weighted by atomic mass is 79.9. The van der Waals surface area contributed by atoms with E-state index in [9.17, 15) is 0 Å². The minimum atomic E-state index is -1.44. The second-order valence-electron chi connectivity index (χ2n) is 6.30. The van der Waals surface area contributed by atoms with E-state index in [1.165, 1.54) is 5.56 Å². The molecule has 112 valence electrons. The third-order valence-corrected chi connectivity index (χ3v) is 4.35. The SMILES string of the molecule is Cc1ccc(N=C(C#C[Si](C)(C)C)c2ccc(Br)cc2)cc1. The van der Waals surface area contributed by atoms with E-state index in [-0.39, 0.29) is 0 Å². The molecule has 22 heavy (non-hydrogen) atoms. The van der Waals surface area contributed by atoms with E-state index in [0.29, 0.717) is 0 Å². The molecular weight excluding hydrogens is 350 g/mol. The van der Waals surface area contributed by atoms with E-state index in [0.717, 1.165) is 21.4 Å². The first kappa shape index (κ1) is 16.7. The Balaban J connectivity index is 2.46. The Morgan fingerprint density at radius 1 is 0.955 bits per heavy atom. The summed E-state index contributed by atoms with van der Waals surface area (Å²) in [4.78, 5) is 4.75. The lowest BCUT2D eigenvalue weighted by atomic mass is 10.1. The maximum absolute atomic E-state index is 4.75. The average molecular weight is 370 g/mol. The topological polar surface area (TPSA) is 12.4 Å². The van der Waals surface area contributed by atoms with Crippen molar-refractivity contribution in [1.29, 1.82) is 0 Å². The van der Waals surface area contributed by atoms with Gasteiger partial charge >= 0.3 is 0 Å². The zero-order chi connectivity index (χ0) is 16.2. The predicted molar refractivity (Wildman–Crippen MR) is 103 cm³/mol. The number of hydrogen-bond acceptors (Lipinski definition) is 1. The van der Waals surface area contributed by atoms with Gasteiger partial charge in [0.05, 0.1) is 5.69 Å². The monoisotopic (exact) mass is 369 g/mol. The van der Waals surface area contributed by atoms with Crippen LogP contribution in [-0.2, 0) is 0 Å². The first-order valence-corrected chi connectivity index (χ1v) is 11.6. The Labute approximate surface area is 142 Å². The molecule has 2 aromatic carbocycles. The van der Waals surface area contributed by atoms with Crippen molar-refractivity contribution in [3.63, 3.8) is 0 Å². The molecular formula is C19H20BrNSi. The first-order valence-electron chi connectivity index (χ1n) is 7.28. The molecule has 2 rings (SSSR count). The van der Waals surface area contributed by atoms with Gasteiger partial charge in [0.15, 0.2) is 0 Å². The zero-order valence-corrected chi connectivity index (χ0v) is 16.0. The van der Waals surface area contributed by atoms with Gasteiger partial charge < -0.3 is 0 Å². The molecule has 0 saturated carbocycles. The van der Waals surface area contributed by atoms with Crippen LogP contribution >= 0.6 is 15.9 Å². The van der Waals surface area contributed by atoms with Crippen LogP contribution in [0.2, 0.25) is 19.6 Å². The summed E-state index contributed by atoms with van der Waals surface area (Å²) in [6.45, 7) is 8.80. The van der Waals surface area contributed by atoms with E-state index >= 15 is 0 Å². The third kappa shape index (κ3) is 5.29. The number of nitrogens with zero attached hydrogens (tertiary/aromatic N) is 1. The summed E-state index contributed by atoms with van der Waals surface area (Å²) >= 11 is 3.47. The Morgan fingerprint density at radius 2 is 1.55 bits per heavy atom. The van der Waals surface area contributed by atoms with Crippen molar-refractivity contribution >= 4 is 35.4 Å². The highest BCUT2D eigenvalue weighted by Gasteiger charge is 2.09. The summed E-state index contributed by atoms with van der Waals surface area (Å²) in [5.74, 6) is 3.30. The van der Waals surface area contributed by atoms with Crippen LogP contribution in [0.5, 0.6) is 0 Å². The van der Waals surface area contributed by atoms with Gasteiger partial charge in [0.25, 0.3) is 0 Å². The molecule has 0 amide bonds. The van der Waals surface area contributed by atoms with Crippen molar-refractivity contribution < 1.29 is 0 Å². The largest absolute Gasteiger partial charge is 0.239 e. The molecule has 0 N–H and O–H groups in total. The lowest BCUT2D eigenvalue weighted by Crippen LogP contribution is -2.17. The Kier molecular flexibility index (Phi) is 5.39. The van der Waals surface area contributed by atoms with Crippen LogP contribution < -0.4 is 0 Å². The van der Waals surface area contributed by atoms with E-state index in [1.807, 2.05) is 24.3 Å². The smallest absolute Gasteiger partial charge is 0.129 e. The molecule has 2 aromatic rings. The summed E-state index contributed by atoms with van der Waals surface area (Å²) in [6, 6.07) is 16.4. The normalized spacial score (nSPS) is 11.8. The average Bonchev–Trinajstić information content (AvgIpc) is 2.45. The van der Waals surface area contributed by atoms with Gasteiger partial charge in [-0.2, -0.15) is 0 Å². The number of benzene rings is 2. The minimum Gasteiger partial charge on any atom is -0.239 e. The molecule has 0 bridgehead atoms. The molecule has 0 radical (unpaired) electrons. The second-order valence-corrected chi connectivity index (χ2v) is 12.0. The van der Waals surface area contributed by atoms with Crippen molar-refractivity contribution in [2.24, 2.45) is 4.99 Å². The minimum absolute atomic E-state index is 0.832. The van der Waals surface area contributed by atoms with E-state index in [2.05, 4.69) is 78.2 Å². The van der Waals surface area contributed by atoms with Gasteiger partial charge in [-0.1, -0.05) is 71.3 Å². The zero-order valence-electron chi connectivity index (χ0n) is 13.4. The van der Waals surface area contributed by atoms with Gasteiger partial charge in [0.2, 0.25) is 0 Å². The summed E-state index contributed by atoms with van der Waals surface area (Å²) in [7, 11) is -1.44. The van der Waals surface area contributed by atoms with Crippen LogP contribution in [0.3, 0.4) is 0 Å². The summed E-state index contributed by atoms with van der Waals surface area (Å²) in [6.07, 6.45) is 0. The fourth-order valence-electron chi connectivity index (χ4n) is 1.77. The van der Waals surface area contributed by atoms with Gasteiger partial charge in [0.1, 0.15) is 13.8 Å². The van der Waals surface area contributed by atoms with Gasteiger partial charge in [-0.25, -0.2) is 4.99 Å². The van der Waals surface area contributed by atoms with E-state index < -0.39 is 8.07 Å². The number of aliphatic imine (C=N–C) groups is 1. The molecule has 0 aliphatic heterocycles. The number of rotatable bonds is 2. The lowest BCUT2D eigenvalue weighted by Gasteiger charge is -2.05. The fourth-order valence-corrected chi connectivity index (χ4v) is 2.53. The summed E-state index contributed by atoms with van der Waals surface area (Å²) < 4.78 is 1.06. The number of hydrogen-bond donors (Lipinski definition) is 0. The molecule has 0 unspecified atom stereocenters. The van der Waals surface area contributed by atoms with Crippen LogP contribution in [0, 0.1) is 18.4 Å². The van der Waals surface area contributed by atoms with Crippen LogP contribution in [-0.4, -0.2) is 13.8 Å². The van der Waals surface area contributed by atoms with Gasteiger partial charge in [-0.05, 0) is 31.2 Å². The first-order chi connectivity index (χ1) is 10.3. The third-order valence-electron chi connectivity index (χ3n) is 2.95. The van der Waals surface area contributed by atoms with E-state index in [1.54, 1.807) is 0 Å². The van der Waals surface area contributed by atoms with Crippen LogP contribution in [0.4, 0.5) is 5.69 Å². The highest BCUT2D eigenvalue weighted by Crippen LogP contribution is 2.17. The lowest BCUT2D eigenvalue weighted by molar-refractivity contribution is 1.43. The number of halogens is 1. The van der Waals surface area contributed by atoms with Gasteiger partial charge in [-0.3, -0.25) is 0 Å². The molecule has 0 aliphatic carbocycles. The Bertz CT molecular complexity index is 726. The summed E-state index contributed by atoms with van der Waals surface area (Å²) in [5, 5.41) is 0. The molecule has 0 aliphatic rings. The van der Waals surface area contributed by atoms with Crippen LogP contribution in [0.15, 0.2) is 58.0 Å². The van der Waals surface area contributed by atoms with Crippen molar-refractivity contribution in [3.05, 3.63) is 64.1 Å². The Hall–Kier alpha value is -1.63. The summed E-state index contributed by atoms with van der Waals surface area (Å²) in [5.41, 5.74) is 7.47. The van der Waals surface area contributed by atoms with E-state index in [4.69, 9.17) is 4.99 Å². The van der Waals surface area contributed by atoms with Crippen LogP contribution in [0.1, 0.15) is 11.1 Å².